The number of rotatable bonds is 15. The van der Waals surface area contributed by atoms with Crippen molar-refractivity contribution in [2.75, 3.05) is 0 Å². The predicted molar refractivity (Wildman–Crippen MR) is 143 cm³/mol. The molecular formula is C30H39BO3. The van der Waals surface area contributed by atoms with Crippen molar-refractivity contribution in [2.24, 2.45) is 0 Å². The molecule has 3 aromatic carbocycles. The second-order valence-electron chi connectivity index (χ2n) is 8.78. The molecule has 0 saturated heterocycles. The minimum Gasteiger partial charge on any atom is -0.489 e. The number of benzene rings is 3. The SMILES string of the molecule is CCCCc1ccccc1OB(Oc1ccccc1CCCC)Oc1ccccc1CCCC. The lowest BCUT2D eigenvalue weighted by Gasteiger charge is -2.21. The van der Waals surface area contributed by atoms with Crippen LogP contribution in [0.1, 0.15) is 76.0 Å². The highest BCUT2D eigenvalue weighted by Gasteiger charge is 2.32. The van der Waals surface area contributed by atoms with E-state index in [1.54, 1.807) is 0 Å². The second kappa shape index (κ2) is 14.4. The average molecular weight is 458 g/mol. The van der Waals surface area contributed by atoms with E-state index in [0.29, 0.717) is 0 Å². The zero-order valence-corrected chi connectivity index (χ0v) is 21.1. The van der Waals surface area contributed by atoms with E-state index in [-0.39, 0.29) is 0 Å². The van der Waals surface area contributed by atoms with Gasteiger partial charge in [0.15, 0.2) is 0 Å². The summed E-state index contributed by atoms with van der Waals surface area (Å²) in [6, 6.07) is 24.6. The highest BCUT2D eigenvalue weighted by atomic mass is 16.7. The summed E-state index contributed by atoms with van der Waals surface area (Å²) < 4.78 is 19.3. The zero-order valence-electron chi connectivity index (χ0n) is 21.1. The normalized spacial score (nSPS) is 10.7. The van der Waals surface area contributed by atoms with Gasteiger partial charge in [-0.05, 0) is 73.4 Å². The Kier molecular flexibility index (Phi) is 10.9. The van der Waals surface area contributed by atoms with Crippen LogP contribution in [0.25, 0.3) is 0 Å². The smallest absolute Gasteiger partial charge is 0.489 e. The Hall–Kier alpha value is -2.88. The van der Waals surface area contributed by atoms with Gasteiger partial charge in [0, 0.05) is 0 Å². The molecule has 0 aromatic heterocycles. The van der Waals surface area contributed by atoms with Gasteiger partial charge in [0.05, 0.1) is 0 Å². The first-order valence-electron chi connectivity index (χ1n) is 13.0. The van der Waals surface area contributed by atoms with Gasteiger partial charge >= 0.3 is 7.32 Å². The molecule has 0 N–H and O–H groups in total. The molecule has 0 atom stereocenters. The standard InChI is InChI=1S/C30H39BO3/c1-4-7-16-25-19-10-13-22-28(25)32-31(33-29-23-14-11-20-26(29)17-8-5-2)34-30-24-15-12-21-27(30)18-9-6-3/h10-15,19-24H,4-9,16-18H2,1-3H3. The van der Waals surface area contributed by atoms with E-state index in [2.05, 4.69) is 57.2 Å². The van der Waals surface area contributed by atoms with Crippen LogP contribution in [0.2, 0.25) is 0 Å². The second-order valence-corrected chi connectivity index (χ2v) is 8.78. The lowest BCUT2D eigenvalue weighted by molar-refractivity contribution is 0.303. The molecule has 3 rings (SSSR count). The van der Waals surface area contributed by atoms with E-state index in [1.165, 1.54) is 16.7 Å². The Morgan fingerprint density at radius 3 is 1.06 bits per heavy atom. The summed E-state index contributed by atoms with van der Waals surface area (Å²) in [5.74, 6) is 2.45. The van der Waals surface area contributed by atoms with Crippen LogP contribution in [0.4, 0.5) is 0 Å². The third kappa shape index (κ3) is 7.86. The fraction of sp³-hybridized carbons (Fsp3) is 0.400. The molecule has 0 spiro atoms. The van der Waals surface area contributed by atoms with Gasteiger partial charge in [-0.3, -0.25) is 0 Å². The van der Waals surface area contributed by atoms with Crippen molar-refractivity contribution >= 4 is 7.32 Å². The minimum absolute atomic E-state index is 0.818. The molecule has 3 nitrogen and oxygen atoms in total. The van der Waals surface area contributed by atoms with E-state index < -0.39 is 7.32 Å². The van der Waals surface area contributed by atoms with Gasteiger partial charge in [0.2, 0.25) is 0 Å². The molecule has 0 bridgehead atoms. The number of para-hydroxylation sites is 3. The van der Waals surface area contributed by atoms with Crippen molar-refractivity contribution in [1.29, 1.82) is 0 Å². The van der Waals surface area contributed by atoms with Gasteiger partial charge in [-0.15, -0.1) is 0 Å². The quantitative estimate of drug-likeness (QED) is 0.215. The maximum Gasteiger partial charge on any atom is 0.864 e. The fourth-order valence-electron chi connectivity index (χ4n) is 3.96. The minimum atomic E-state index is -0.881. The van der Waals surface area contributed by atoms with Gasteiger partial charge in [0.25, 0.3) is 0 Å². The molecule has 0 radical (unpaired) electrons. The van der Waals surface area contributed by atoms with E-state index in [1.807, 2.05) is 36.4 Å². The van der Waals surface area contributed by atoms with Crippen LogP contribution >= 0.6 is 0 Å². The fourth-order valence-corrected chi connectivity index (χ4v) is 3.96. The molecule has 0 heterocycles. The van der Waals surface area contributed by atoms with Crippen molar-refractivity contribution in [1.82, 2.24) is 0 Å². The number of hydrogen-bond donors (Lipinski definition) is 0. The summed E-state index contributed by atoms with van der Waals surface area (Å²) in [5, 5.41) is 0. The van der Waals surface area contributed by atoms with Crippen LogP contribution in [0.5, 0.6) is 17.2 Å². The first-order chi connectivity index (χ1) is 16.7. The van der Waals surface area contributed by atoms with Gasteiger partial charge in [0.1, 0.15) is 17.2 Å². The summed E-state index contributed by atoms with van der Waals surface area (Å²) in [7, 11) is -0.881. The lowest BCUT2D eigenvalue weighted by atomic mass is 10.0. The van der Waals surface area contributed by atoms with Crippen molar-refractivity contribution in [3.8, 4) is 17.2 Å². The molecule has 0 amide bonds. The van der Waals surface area contributed by atoms with Gasteiger partial charge in [-0.2, -0.15) is 0 Å². The average Bonchev–Trinajstić information content (AvgIpc) is 2.87. The van der Waals surface area contributed by atoms with Crippen LogP contribution in [-0.2, 0) is 19.3 Å². The molecule has 0 unspecified atom stereocenters. The maximum absolute atomic E-state index is 6.43. The summed E-state index contributed by atoms with van der Waals surface area (Å²) in [6.07, 6.45) is 9.69. The third-order valence-corrected chi connectivity index (χ3v) is 5.99. The molecule has 3 aromatic rings. The number of unbranched alkanes of at least 4 members (excludes halogenated alkanes) is 3. The number of hydrogen-bond acceptors (Lipinski definition) is 3. The van der Waals surface area contributed by atoms with Crippen molar-refractivity contribution in [3.63, 3.8) is 0 Å². The van der Waals surface area contributed by atoms with Crippen molar-refractivity contribution in [3.05, 3.63) is 89.5 Å². The first kappa shape index (κ1) is 25.7. The Labute approximate surface area is 206 Å². The van der Waals surface area contributed by atoms with E-state index in [4.69, 9.17) is 14.0 Å². The van der Waals surface area contributed by atoms with Crippen LogP contribution in [0.15, 0.2) is 72.8 Å². The lowest BCUT2D eigenvalue weighted by Crippen LogP contribution is -2.37. The van der Waals surface area contributed by atoms with E-state index in [9.17, 15) is 0 Å². The molecule has 34 heavy (non-hydrogen) atoms. The van der Waals surface area contributed by atoms with Crippen LogP contribution in [-0.4, -0.2) is 7.32 Å². The van der Waals surface area contributed by atoms with Crippen molar-refractivity contribution < 1.29 is 14.0 Å². The van der Waals surface area contributed by atoms with E-state index in [0.717, 1.165) is 75.0 Å². The van der Waals surface area contributed by atoms with Gasteiger partial charge in [-0.1, -0.05) is 94.6 Å². The molecule has 0 aliphatic heterocycles. The molecule has 0 aliphatic carbocycles. The first-order valence-corrected chi connectivity index (χ1v) is 13.0. The summed E-state index contributed by atoms with van der Waals surface area (Å²) in [4.78, 5) is 0. The Bertz CT molecular complexity index is 861. The topological polar surface area (TPSA) is 27.7 Å². The molecular weight excluding hydrogens is 419 g/mol. The largest absolute Gasteiger partial charge is 0.864 e. The maximum atomic E-state index is 6.43. The Morgan fingerprint density at radius 1 is 0.471 bits per heavy atom. The molecule has 0 saturated carbocycles. The molecule has 4 heteroatoms. The van der Waals surface area contributed by atoms with Crippen molar-refractivity contribution in [2.45, 2.75) is 78.6 Å². The number of aryl methyl sites for hydroxylation is 3. The summed E-state index contributed by atoms with van der Waals surface area (Å²) in [5.41, 5.74) is 3.54. The van der Waals surface area contributed by atoms with Crippen LogP contribution in [0, 0.1) is 0 Å². The highest BCUT2D eigenvalue weighted by Crippen LogP contribution is 2.27. The molecule has 0 fully saturated rings. The van der Waals surface area contributed by atoms with Gasteiger partial charge in [-0.25, -0.2) is 0 Å². The predicted octanol–water partition coefficient (Wildman–Crippen LogP) is 8.24. The van der Waals surface area contributed by atoms with Crippen LogP contribution in [0.3, 0.4) is 0 Å². The monoisotopic (exact) mass is 458 g/mol. The zero-order chi connectivity index (χ0) is 24.0. The third-order valence-electron chi connectivity index (χ3n) is 5.99. The molecule has 0 aliphatic rings. The van der Waals surface area contributed by atoms with Gasteiger partial charge < -0.3 is 14.0 Å². The Balaban J connectivity index is 1.89. The Morgan fingerprint density at radius 2 is 0.765 bits per heavy atom. The summed E-state index contributed by atoms with van der Waals surface area (Å²) in [6.45, 7) is 6.62. The van der Waals surface area contributed by atoms with E-state index >= 15 is 0 Å². The molecule has 180 valence electrons. The van der Waals surface area contributed by atoms with Crippen LogP contribution < -0.4 is 14.0 Å². The highest BCUT2D eigenvalue weighted by molar-refractivity contribution is 6.39. The summed E-state index contributed by atoms with van der Waals surface area (Å²) >= 11 is 0.